The number of para-hydroxylation sites is 1. The molecule has 1 atom stereocenters. The minimum atomic E-state index is -3.28. The first-order valence-electron chi connectivity index (χ1n) is 8.09. The predicted octanol–water partition coefficient (Wildman–Crippen LogP) is 3.23. The number of benzene rings is 2. The van der Waals surface area contributed by atoms with Crippen molar-refractivity contribution < 1.29 is 18.1 Å². The highest BCUT2D eigenvalue weighted by atomic mass is 32.2. The largest absolute Gasteiger partial charge is 0.335 e. The van der Waals surface area contributed by atoms with Crippen LogP contribution in [0.4, 0.5) is 5.69 Å². The second-order valence-corrected chi connectivity index (χ2v) is 8.13. The molecule has 0 heterocycles. The quantitative estimate of drug-likeness (QED) is 0.430. The van der Waals surface area contributed by atoms with Crippen molar-refractivity contribution in [2.45, 2.75) is 17.9 Å². The van der Waals surface area contributed by atoms with Crippen LogP contribution in [0, 0.1) is 10.1 Å². The van der Waals surface area contributed by atoms with Gasteiger partial charge in [0.05, 0.1) is 21.4 Å². The monoisotopic (exact) mass is 388 g/mol. The van der Waals surface area contributed by atoms with Gasteiger partial charge in [0.25, 0.3) is 5.69 Å². The summed E-state index contributed by atoms with van der Waals surface area (Å²) in [6, 6.07) is 12.2. The molecule has 2 aromatic carbocycles. The van der Waals surface area contributed by atoms with Gasteiger partial charge in [-0.2, -0.15) is 0 Å². The fourth-order valence-electron chi connectivity index (χ4n) is 2.48. The van der Waals surface area contributed by atoms with Crippen molar-refractivity contribution in [3.05, 3.63) is 75.8 Å². The first-order valence-corrected chi connectivity index (χ1v) is 9.98. The molecule has 0 unspecified atom stereocenters. The highest BCUT2D eigenvalue weighted by Gasteiger charge is 2.17. The van der Waals surface area contributed by atoms with Crippen LogP contribution in [0.1, 0.15) is 24.1 Å². The molecule has 0 aliphatic rings. The van der Waals surface area contributed by atoms with Gasteiger partial charge in [-0.05, 0) is 36.8 Å². The van der Waals surface area contributed by atoms with E-state index in [0.29, 0.717) is 5.56 Å². The van der Waals surface area contributed by atoms with E-state index in [-0.39, 0.29) is 22.5 Å². The van der Waals surface area contributed by atoms with Crippen LogP contribution >= 0.6 is 0 Å². The molecule has 142 valence electrons. The number of carbonyl (C=O) groups excluding carboxylic acids is 1. The van der Waals surface area contributed by atoms with Gasteiger partial charge >= 0.3 is 0 Å². The zero-order valence-electron chi connectivity index (χ0n) is 15.2. The molecule has 27 heavy (non-hydrogen) atoms. The number of likely N-dealkylation sites (N-methyl/N-ethyl adjacent to an activating group) is 1. The summed E-state index contributed by atoms with van der Waals surface area (Å²) in [6.45, 7) is 1.81. The van der Waals surface area contributed by atoms with Crippen LogP contribution in [0.3, 0.4) is 0 Å². The molecular formula is C19H20N2O5S. The first-order chi connectivity index (χ1) is 12.6. The van der Waals surface area contributed by atoms with Gasteiger partial charge in [-0.1, -0.05) is 24.3 Å². The lowest BCUT2D eigenvalue weighted by atomic mass is 10.1. The average Bonchev–Trinajstić information content (AvgIpc) is 2.64. The second-order valence-electron chi connectivity index (χ2n) is 6.12. The third kappa shape index (κ3) is 5.01. The molecule has 7 nitrogen and oxygen atoms in total. The number of sulfone groups is 1. The van der Waals surface area contributed by atoms with Crippen LogP contribution in [0.25, 0.3) is 6.08 Å². The molecule has 0 bridgehead atoms. The molecule has 2 rings (SSSR count). The maximum absolute atomic E-state index is 12.4. The van der Waals surface area contributed by atoms with E-state index in [2.05, 4.69) is 0 Å². The lowest BCUT2D eigenvalue weighted by Gasteiger charge is -2.24. The molecule has 0 spiro atoms. The summed E-state index contributed by atoms with van der Waals surface area (Å²) < 4.78 is 23.1. The number of nitro benzene ring substituents is 1. The molecule has 0 fully saturated rings. The Morgan fingerprint density at radius 2 is 1.74 bits per heavy atom. The number of nitro groups is 1. The number of hydrogen-bond donors (Lipinski definition) is 0. The topological polar surface area (TPSA) is 97.6 Å². The molecule has 0 saturated carbocycles. The Hall–Kier alpha value is -3.00. The minimum absolute atomic E-state index is 0.0754. The Labute approximate surface area is 158 Å². The van der Waals surface area contributed by atoms with Crippen LogP contribution in [-0.4, -0.2) is 37.5 Å². The van der Waals surface area contributed by atoms with E-state index in [4.69, 9.17) is 0 Å². The molecule has 0 saturated heterocycles. The van der Waals surface area contributed by atoms with Crippen molar-refractivity contribution in [1.82, 2.24) is 4.90 Å². The number of hydrogen-bond acceptors (Lipinski definition) is 5. The SMILES string of the molecule is C[C@@H](c1ccc(S(C)(=O)=O)cc1)N(C)C(=O)/C=C/c1ccccc1[N+](=O)[O-]. The third-order valence-corrected chi connectivity index (χ3v) is 5.39. The molecule has 1 amide bonds. The van der Waals surface area contributed by atoms with Gasteiger partial charge in [0, 0.05) is 25.4 Å². The maximum Gasteiger partial charge on any atom is 0.276 e. The van der Waals surface area contributed by atoms with E-state index < -0.39 is 14.8 Å². The average molecular weight is 388 g/mol. The lowest BCUT2D eigenvalue weighted by Crippen LogP contribution is -2.28. The highest BCUT2D eigenvalue weighted by molar-refractivity contribution is 7.90. The van der Waals surface area contributed by atoms with Crippen LogP contribution in [0.15, 0.2) is 59.5 Å². The van der Waals surface area contributed by atoms with Gasteiger partial charge < -0.3 is 4.90 Å². The molecule has 2 aromatic rings. The van der Waals surface area contributed by atoms with Crippen LogP contribution < -0.4 is 0 Å². The standard InChI is InChI=1S/C19H20N2O5S/c1-14(15-8-11-17(12-9-15)27(3,25)26)20(2)19(22)13-10-16-6-4-5-7-18(16)21(23)24/h4-14H,1-3H3/b13-10+/t14-/m0/s1. The Morgan fingerprint density at radius 3 is 2.30 bits per heavy atom. The summed E-state index contributed by atoms with van der Waals surface area (Å²) in [5.41, 5.74) is 1.04. The van der Waals surface area contributed by atoms with E-state index in [1.807, 2.05) is 6.92 Å². The van der Waals surface area contributed by atoms with Crippen molar-refractivity contribution in [3.8, 4) is 0 Å². The lowest BCUT2D eigenvalue weighted by molar-refractivity contribution is -0.385. The normalized spacial score (nSPS) is 12.7. The fourth-order valence-corrected chi connectivity index (χ4v) is 3.11. The summed E-state index contributed by atoms with van der Waals surface area (Å²) in [5, 5.41) is 11.0. The van der Waals surface area contributed by atoms with Gasteiger partial charge in [-0.25, -0.2) is 8.42 Å². The fraction of sp³-hybridized carbons (Fsp3) is 0.211. The molecule has 0 radical (unpaired) electrons. The molecule has 8 heteroatoms. The van der Waals surface area contributed by atoms with Crippen molar-refractivity contribution in [3.63, 3.8) is 0 Å². The van der Waals surface area contributed by atoms with Crippen molar-refractivity contribution in [2.75, 3.05) is 13.3 Å². The molecule has 0 aliphatic carbocycles. The van der Waals surface area contributed by atoms with E-state index in [1.165, 1.54) is 35.3 Å². The minimum Gasteiger partial charge on any atom is -0.335 e. The zero-order chi connectivity index (χ0) is 20.2. The maximum atomic E-state index is 12.4. The smallest absolute Gasteiger partial charge is 0.276 e. The summed E-state index contributed by atoms with van der Waals surface area (Å²) >= 11 is 0. The van der Waals surface area contributed by atoms with Gasteiger partial charge in [0.15, 0.2) is 9.84 Å². The number of carbonyl (C=O) groups is 1. The van der Waals surface area contributed by atoms with Gasteiger partial charge in [-0.15, -0.1) is 0 Å². The van der Waals surface area contributed by atoms with Crippen LogP contribution in [0.5, 0.6) is 0 Å². The molecule has 0 N–H and O–H groups in total. The predicted molar refractivity (Wildman–Crippen MR) is 103 cm³/mol. The summed E-state index contributed by atoms with van der Waals surface area (Å²) in [4.78, 5) is 24.6. The van der Waals surface area contributed by atoms with Crippen molar-refractivity contribution in [1.29, 1.82) is 0 Å². The third-order valence-electron chi connectivity index (χ3n) is 4.26. The van der Waals surface area contributed by atoms with Gasteiger partial charge in [0.1, 0.15) is 0 Å². The number of nitrogens with zero attached hydrogens (tertiary/aromatic N) is 2. The summed E-state index contributed by atoms with van der Waals surface area (Å²) in [5.74, 6) is -0.326. The van der Waals surface area contributed by atoms with E-state index >= 15 is 0 Å². The van der Waals surface area contributed by atoms with Crippen molar-refractivity contribution in [2.24, 2.45) is 0 Å². The molecular weight excluding hydrogens is 368 g/mol. The Kier molecular flexibility index (Phi) is 6.12. The van der Waals surface area contributed by atoms with Crippen LogP contribution in [-0.2, 0) is 14.6 Å². The van der Waals surface area contributed by atoms with E-state index in [9.17, 15) is 23.3 Å². The summed E-state index contributed by atoms with van der Waals surface area (Å²) in [6.07, 6.45) is 3.83. The number of rotatable bonds is 6. The Balaban J connectivity index is 2.16. The van der Waals surface area contributed by atoms with E-state index in [1.54, 1.807) is 37.4 Å². The van der Waals surface area contributed by atoms with Crippen molar-refractivity contribution >= 4 is 27.5 Å². The van der Waals surface area contributed by atoms with Gasteiger partial charge in [0.2, 0.25) is 5.91 Å². The number of amides is 1. The Bertz CT molecular complexity index is 981. The zero-order valence-corrected chi connectivity index (χ0v) is 16.0. The highest BCUT2D eigenvalue weighted by Crippen LogP contribution is 2.22. The van der Waals surface area contributed by atoms with Gasteiger partial charge in [-0.3, -0.25) is 14.9 Å². The second kappa shape index (κ2) is 8.13. The molecule has 0 aromatic heterocycles. The van der Waals surface area contributed by atoms with Crippen LogP contribution in [0.2, 0.25) is 0 Å². The first kappa shape index (κ1) is 20.3. The molecule has 0 aliphatic heterocycles. The Morgan fingerprint density at radius 1 is 1.15 bits per heavy atom. The van der Waals surface area contributed by atoms with E-state index in [0.717, 1.165) is 11.8 Å². The summed E-state index contributed by atoms with van der Waals surface area (Å²) in [7, 11) is -1.67.